The van der Waals surface area contributed by atoms with Gasteiger partial charge in [-0.1, -0.05) is 0 Å². The Morgan fingerprint density at radius 3 is 1.95 bits per heavy atom. The zero-order valence-electron chi connectivity index (χ0n) is 10.1. The Kier molecular flexibility index (Phi) is 3.60. The Morgan fingerprint density at radius 1 is 0.900 bits per heavy atom. The number of nitrogens with one attached hydrogen (secondary N) is 2. The van der Waals surface area contributed by atoms with Crippen molar-refractivity contribution in [2.75, 3.05) is 10.6 Å². The lowest BCUT2D eigenvalue weighted by Crippen LogP contribution is -2.19. The third-order valence-electron chi connectivity index (χ3n) is 2.43. The number of carbonyl (C=O) groups excluding carboxylic acids is 1. The number of benzene rings is 2. The van der Waals surface area contributed by atoms with Gasteiger partial charge >= 0.3 is 6.03 Å². The summed E-state index contributed by atoms with van der Waals surface area (Å²) in [5.41, 5.74) is 0.452. The van der Waals surface area contributed by atoms with E-state index < -0.39 is 29.1 Å². The van der Waals surface area contributed by atoms with Crippen molar-refractivity contribution in [2.24, 2.45) is 0 Å². The average molecular weight is 278 g/mol. The molecule has 5 N–H and O–H groups in total. The largest absolute Gasteiger partial charge is 0.504 e. The third-order valence-corrected chi connectivity index (χ3v) is 2.43. The van der Waals surface area contributed by atoms with Gasteiger partial charge in [0.1, 0.15) is 5.82 Å². The van der Waals surface area contributed by atoms with Gasteiger partial charge < -0.3 is 26.0 Å². The van der Waals surface area contributed by atoms with Gasteiger partial charge in [-0.2, -0.15) is 0 Å². The van der Waals surface area contributed by atoms with Gasteiger partial charge in [0.25, 0.3) is 0 Å². The summed E-state index contributed by atoms with van der Waals surface area (Å²) < 4.78 is 12.7. The van der Waals surface area contributed by atoms with E-state index in [1.54, 1.807) is 0 Å². The number of phenols is 3. The van der Waals surface area contributed by atoms with Crippen LogP contribution in [-0.2, 0) is 0 Å². The number of carbonyl (C=O) groups is 1. The Hall–Kier alpha value is -2.96. The first-order valence-electron chi connectivity index (χ1n) is 5.54. The molecular weight excluding hydrogens is 267 g/mol. The second kappa shape index (κ2) is 5.35. The number of rotatable bonds is 2. The summed E-state index contributed by atoms with van der Waals surface area (Å²) in [6, 6.07) is 6.61. The molecule has 0 spiro atoms. The molecule has 0 bridgehead atoms. The molecule has 0 unspecified atom stereocenters. The number of halogens is 1. The summed E-state index contributed by atoms with van der Waals surface area (Å²) in [4.78, 5) is 11.6. The van der Waals surface area contributed by atoms with Crippen LogP contribution in [0.2, 0.25) is 0 Å². The van der Waals surface area contributed by atoms with Crippen LogP contribution in [0.15, 0.2) is 36.4 Å². The van der Waals surface area contributed by atoms with Crippen LogP contribution in [0, 0.1) is 5.82 Å². The first kappa shape index (κ1) is 13.5. The average Bonchev–Trinajstić information content (AvgIpc) is 2.38. The minimum atomic E-state index is -0.672. The van der Waals surface area contributed by atoms with Crippen LogP contribution in [0.1, 0.15) is 0 Å². The molecule has 0 saturated heterocycles. The highest BCUT2D eigenvalue weighted by Gasteiger charge is 2.10. The predicted octanol–water partition coefficient (Wildman–Crippen LogP) is 2.59. The highest BCUT2D eigenvalue weighted by molar-refractivity contribution is 6.00. The lowest BCUT2D eigenvalue weighted by Gasteiger charge is -2.09. The molecule has 20 heavy (non-hydrogen) atoms. The molecule has 2 aromatic rings. The van der Waals surface area contributed by atoms with Crippen molar-refractivity contribution in [1.29, 1.82) is 0 Å². The lowest BCUT2D eigenvalue weighted by atomic mass is 10.2. The second-order valence-corrected chi connectivity index (χ2v) is 3.95. The van der Waals surface area contributed by atoms with Crippen molar-refractivity contribution in [2.45, 2.75) is 0 Å². The van der Waals surface area contributed by atoms with Crippen LogP contribution >= 0.6 is 0 Å². The molecule has 2 amide bonds. The van der Waals surface area contributed by atoms with Gasteiger partial charge in [0.2, 0.25) is 0 Å². The molecule has 0 radical (unpaired) electrons. The van der Waals surface area contributed by atoms with Gasteiger partial charge in [0, 0.05) is 17.8 Å². The molecule has 104 valence electrons. The highest BCUT2D eigenvalue weighted by Crippen LogP contribution is 2.37. The van der Waals surface area contributed by atoms with Crippen molar-refractivity contribution < 1.29 is 24.5 Å². The molecule has 0 aromatic heterocycles. The molecule has 0 fully saturated rings. The summed E-state index contributed by atoms with van der Waals surface area (Å²) in [5.74, 6) is -2.23. The molecule has 7 heteroatoms. The highest BCUT2D eigenvalue weighted by atomic mass is 19.1. The Morgan fingerprint density at radius 2 is 1.40 bits per heavy atom. The van der Waals surface area contributed by atoms with Gasteiger partial charge in [0.05, 0.1) is 5.69 Å². The fourth-order valence-corrected chi connectivity index (χ4v) is 1.50. The SMILES string of the molecule is O=C(Nc1ccc(F)cc1)Nc1cc(O)c(O)c(O)c1. The smallest absolute Gasteiger partial charge is 0.323 e. The number of aromatic hydroxyl groups is 3. The van der Waals surface area contributed by atoms with E-state index in [1.165, 1.54) is 24.3 Å². The molecule has 2 aromatic carbocycles. The van der Waals surface area contributed by atoms with Crippen molar-refractivity contribution in [3.63, 3.8) is 0 Å². The summed E-state index contributed by atoms with van der Waals surface area (Å²) in [7, 11) is 0. The Bertz CT molecular complexity index is 620. The predicted molar refractivity (Wildman–Crippen MR) is 70.5 cm³/mol. The second-order valence-electron chi connectivity index (χ2n) is 3.95. The van der Waals surface area contributed by atoms with Gasteiger partial charge in [-0.3, -0.25) is 0 Å². The van der Waals surface area contributed by atoms with Crippen LogP contribution in [0.4, 0.5) is 20.6 Å². The van der Waals surface area contributed by atoms with Crippen molar-refractivity contribution in [3.05, 3.63) is 42.2 Å². The molecule has 0 heterocycles. The Balaban J connectivity index is 2.06. The van der Waals surface area contributed by atoms with E-state index in [9.17, 15) is 19.4 Å². The number of phenolic OH excluding ortho intramolecular Hbond substituents is 3. The monoisotopic (exact) mass is 278 g/mol. The number of hydrogen-bond acceptors (Lipinski definition) is 4. The summed E-state index contributed by atoms with van der Waals surface area (Å²) in [6.07, 6.45) is 0. The van der Waals surface area contributed by atoms with E-state index in [0.717, 1.165) is 12.1 Å². The molecular formula is C13H11FN2O4. The third kappa shape index (κ3) is 3.08. The number of anilines is 2. The number of urea groups is 1. The van der Waals surface area contributed by atoms with Gasteiger partial charge in [-0.05, 0) is 24.3 Å². The van der Waals surface area contributed by atoms with E-state index >= 15 is 0 Å². The zero-order chi connectivity index (χ0) is 14.7. The molecule has 0 aliphatic heterocycles. The molecule has 6 nitrogen and oxygen atoms in total. The van der Waals surface area contributed by atoms with Crippen molar-refractivity contribution in [3.8, 4) is 17.2 Å². The molecule has 2 rings (SSSR count). The van der Waals surface area contributed by atoms with Crippen LogP contribution in [0.25, 0.3) is 0 Å². The van der Waals surface area contributed by atoms with Crippen molar-refractivity contribution >= 4 is 17.4 Å². The maximum atomic E-state index is 12.7. The van der Waals surface area contributed by atoms with Gasteiger partial charge in [0.15, 0.2) is 17.2 Å². The minimum Gasteiger partial charge on any atom is -0.504 e. The van der Waals surface area contributed by atoms with Crippen LogP contribution in [0.3, 0.4) is 0 Å². The van der Waals surface area contributed by atoms with E-state index in [2.05, 4.69) is 10.6 Å². The molecule has 0 aliphatic rings. The van der Waals surface area contributed by atoms with Crippen molar-refractivity contribution in [1.82, 2.24) is 0 Å². The lowest BCUT2D eigenvalue weighted by molar-refractivity contribution is 0.262. The standard InChI is InChI=1S/C13H11FN2O4/c14-7-1-3-8(4-2-7)15-13(20)16-9-5-10(17)12(19)11(18)6-9/h1-6,17-19H,(H2,15,16,20). The summed E-state index contributed by atoms with van der Waals surface area (Å²) in [6.45, 7) is 0. The molecule has 0 aliphatic carbocycles. The molecule has 0 atom stereocenters. The van der Waals surface area contributed by atoms with Crippen LogP contribution in [0.5, 0.6) is 17.2 Å². The van der Waals surface area contributed by atoms with Crippen LogP contribution in [-0.4, -0.2) is 21.4 Å². The van der Waals surface area contributed by atoms with E-state index in [0.29, 0.717) is 5.69 Å². The fourth-order valence-electron chi connectivity index (χ4n) is 1.50. The first-order valence-corrected chi connectivity index (χ1v) is 5.54. The molecule has 0 saturated carbocycles. The fraction of sp³-hybridized carbons (Fsp3) is 0. The summed E-state index contributed by atoms with van der Waals surface area (Å²) in [5, 5.41) is 32.5. The maximum Gasteiger partial charge on any atom is 0.323 e. The van der Waals surface area contributed by atoms with Gasteiger partial charge in [-0.15, -0.1) is 0 Å². The van der Waals surface area contributed by atoms with Gasteiger partial charge in [-0.25, -0.2) is 9.18 Å². The topological polar surface area (TPSA) is 102 Å². The first-order chi connectivity index (χ1) is 9.45. The summed E-state index contributed by atoms with van der Waals surface area (Å²) >= 11 is 0. The zero-order valence-corrected chi connectivity index (χ0v) is 10.1. The van der Waals surface area contributed by atoms with E-state index in [-0.39, 0.29) is 5.69 Å². The minimum absolute atomic E-state index is 0.0809. The quantitative estimate of drug-likeness (QED) is 0.430. The maximum absolute atomic E-state index is 12.7. The number of hydrogen-bond donors (Lipinski definition) is 5. The van der Waals surface area contributed by atoms with E-state index in [4.69, 9.17) is 5.11 Å². The van der Waals surface area contributed by atoms with E-state index in [1.807, 2.05) is 0 Å². The number of amides is 2. The van der Waals surface area contributed by atoms with Crippen LogP contribution < -0.4 is 10.6 Å². The normalized spacial score (nSPS) is 10.1. The Labute approximate surface area is 113 Å².